The predicted molar refractivity (Wildman–Crippen MR) is 122 cm³/mol. The van der Waals surface area contributed by atoms with Gasteiger partial charge in [-0.25, -0.2) is 9.07 Å². The molecule has 3 nitrogen and oxygen atoms in total. The molecule has 0 bridgehead atoms. The molecule has 5 aromatic rings. The maximum atomic E-state index is 13.3. The summed E-state index contributed by atoms with van der Waals surface area (Å²) in [6.07, 6.45) is 3.53. The van der Waals surface area contributed by atoms with Crippen LogP contribution in [0.5, 0.6) is 0 Å². The average Bonchev–Trinajstić information content (AvgIpc) is 3.58. The van der Waals surface area contributed by atoms with Gasteiger partial charge in [0.15, 0.2) is 0 Å². The van der Waals surface area contributed by atoms with Crippen molar-refractivity contribution in [2.45, 2.75) is 18.9 Å². The van der Waals surface area contributed by atoms with Gasteiger partial charge in [0, 0.05) is 5.39 Å². The van der Waals surface area contributed by atoms with Crippen molar-refractivity contribution < 1.29 is 9.50 Å². The molecule has 0 radical (unpaired) electrons. The highest BCUT2D eigenvalue weighted by molar-refractivity contribution is 5.94. The van der Waals surface area contributed by atoms with E-state index in [0.717, 1.165) is 56.9 Å². The van der Waals surface area contributed by atoms with E-state index in [0.29, 0.717) is 5.92 Å². The van der Waals surface area contributed by atoms with Gasteiger partial charge in [-0.2, -0.15) is 5.10 Å². The summed E-state index contributed by atoms with van der Waals surface area (Å²) in [6, 6.07) is 25.1. The number of rotatable bonds is 4. The number of hydrogen-bond acceptors (Lipinski definition) is 2. The van der Waals surface area contributed by atoms with E-state index in [1.807, 2.05) is 29.1 Å². The van der Waals surface area contributed by atoms with Gasteiger partial charge >= 0.3 is 0 Å². The number of aliphatic hydroxyl groups excluding tert-OH is 1. The summed E-state index contributed by atoms with van der Waals surface area (Å²) in [4.78, 5) is 0. The summed E-state index contributed by atoms with van der Waals surface area (Å²) in [7, 11) is 0. The topological polar surface area (TPSA) is 38.1 Å². The molecule has 1 heterocycles. The van der Waals surface area contributed by atoms with Crippen LogP contribution in [0.2, 0.25) is 0 Å². The predicted octanol–water partition coefficient (Wildman–Crippen LogP) is 6.43. The summed E-state index contributed by atoms with van der Waals surface area (Å²) in [6.45, 7) is 0. The third kappa shape index (κ3) is 3.11. The van der Waals surface area contributed by atoms with Crippen LogP contribution in [0.3, 0.4) is 0 Å². The van der Waals surface area contributed by atoms with Crippen LogP contribution in [-0.2, 0) is 0 Å². The summed E-state index contributed by atoms with van der Waals surface area (Å²) in [5.74, 6) is 0.0788. The molecular formula is C27H21FN2O. The van der Waals surface area contributed by atoms with Crippen LogP contribution in [-0.4, -0.2) is 14.9 Å². The zero-order valence-electron chi connectivity index (χ0n) is 16.9. The Morgan fingerprint density at radius 3 is 2.52 bits per heavy atom. The fourth-order valence-corrected chi connectivity index (χ4v) is 4.50. The molecule has 1 aliphatic rings. The molecule has 152 valence electrons. The molecule has 1 aliphatic carbocycles. The lowest BCUT2D eigenvalue weighted by atomic mass is 9.89. The number of fused-ring (bicyclic) bond motifs is 2. The number of hydrogen-bond donors (Lipinski definition) is 1. The number of benzene rings is 4. The van der Waals surface area contributed by atoms with Crippen molar-refractivity contribution >= 4 is 21.7 Å². The second-order valence-corrected chi connectivity index (χ2v) is 8.34. The molecule has 1 atom stereocenters. The lowest BCUT2D eigenvalue weighted by Crippen LogP contribution is -2.03. The lowest BCUT2D eigenvalue weighted by Gasteiger charge is -2.19. The van der Waals surface area contributed by atoms with Crippen molar-refractivity contribution in [2.75, 3.05) is 0 Å². The smallest absolute Gasteiger partial charge is 0.123 e. The quantitative estimate of drug-likeness (QED) is 0.372. The van der Waals surface area contributed by atoms with E-state index in [-0.39, 0.29) is 5.82 Å². The Labute approximate surface area is 179 Å². The first-order valence-corrected chi connectivity index (χ1v) is 10.6. The third-order valence-electron chi connectivity index (χ3n) is 6.29. The lowest BCUT2D eigenvalue weighted by molar-refractivity contribution is 0.156. The molecule has 0 spiro atoms. The van der Waals surface area contributed by atoms with Gasteiger partial charge in [0.25, 0.3) is 0 Å². The molecule has 1 unspecified atom stereocenters. The van der Waals surface area contributed by atoms with Gasteiger partial charge in [-0.05, 0) is 82.6 Å². The molecule has 4 aromatic carbocycles. The first-order valence-electron chi connectivity index (χ1n) is 10.6. The highest BCUT2D eigenvalue weighted by atomic mass is 19.1. The van der Waals surface area contributed by atoms with E-state index in [1.165, 1.54) is 12.1 Å². The Bertz CT molecular complexity index is 1420. The maximum absolute atomic E-state index is 13.3. The zero-order valence-corrected chi connectivity index (χ0v) is 16.9. The molecule has 4 heteroatoms. The number of halogens is 1. The molecule has 6 rings (SSSR count). The van der Waals surface area contributed by atoms with Crippen LogP contribution in [0.15, 0.2) is 85.1 Å². The second-order valence-electron chi connectivity index (χ2n) is 8.34. The Balaban J connectivity index is 1.51. The summed E-state index contributed by atoms with van der Waals surface area (Å²) >= 11 is 0. The van der Waals surface area contributed by atoms with Crippen molar-refractivity contribution in [2.24, 2.45) is 5.92 Å². The van der Waals surface area contributed by atoms with Crippen LogP contribution in [0, 0.1) is 11.7 Å². The Morgan fingerprint density at radius 1 is 0.903 bits per heavy atom. The van der Waals surface area contributed by atoms with E-state index >= 15 is 0 Å². The first kappa shape index (κ1) is 18.3. The van der Waals surface area contributed by atoms with Crippen LogP contribution in [0.4, 0.5) is 4.39 Å². The normalized spacial score (nSPS) is 14.9. The fourth-order valence-electron chi connectivity index (χ4n) is 4.50. The van der Waals surface area contributed by atoms with E-state index in [2.05, 4.69) is 41.5 Å². The molecular weight excluding hydrogens is 387 g/mol. The zero-order chi connectivity index (χ0) is 20.9. The first-order chi connectivity index (χ1) is 15.2. The highest BCUT2D eigenvalue weighted by Gasteiger charge is 2.33. The van der Waals surface area contributed by atoms with Crippen LogP contribution in [0.1, 0.15) is 24.5 Å². The van der Waals surface area contributed by atoms with Crippen molar-refractivity contribution in [3.8, 4) is 16.8 Å². The minimum Gasteiger partial charge on any atom is -0.388 e. The molecule has 0 aliphatic heterocycles. The van der Waals surface area contributed by atoms with Crippen molar-refractivity contribution in [3.63, 3.8) is 0 Å². The highest BCUT2D eigenvalue weighted by Crippen LogP contribution is 2.46. The Kier molecular flexibility index (Phi) is 4.15. The molecule has 1 aromatic heterocycles. The largest absolute Gasteiger partial charge is 0.388 e. The van der Waals surface area contributed by atoms with Gasteiger partial charge in [0.2, 0.25) is 0 Å². The molecule has 1 N–H and O–H groups in total. The standard InChI is InChI=1S/C27H21FN2O/c28-21-9-11-22(12-10-21)30-25-14-8-19(15-20(25)16-29-30)24-13-7-17-3-1-2-4-23(17)26(24)27(31)18-5-6-18/h1-4,7-16,18,27,31H,5-6H2. The second kappa shape index (κ2) is 7.03. The summed E-state index contributed by atoms with van der Waals surface area (Å²) in [5.41, 5.74) is 4.92. The van der Waals surface area contributed by atoms with Gasteiger partial charge in [-0.1, -0.05) is 42.5 Å². The van der Waals surface area contributed by atoms with E-state index < -0.39 is 6.10 Å². The average molecular weight is 408 g/mol. The van der Waals surface area contributed by atoms with E-state index in [9.17, 15) is 9.50 Å². The van der Waals surface area contributed by atoms with Crippen LogP contribution >= 0.6 is 0 Å². The van der Waals surface area contributed by atoms with Crippen LogP contribution < -0.4 is 0 Å². The van der Waals surface area contributed by atoms with Gasteiger partial charge in [-0.15, -0.1) is 0 Å². The minimum absolute atomic E-state index is 0.263. The number of nitrogens with zero attached hydrogens (tertiary/aromatic N) is 2. The van der Waals surface area contributed by atoms with Gasteiger partial charge in [0.05, 0.1) is 23.5 Å². The summed E-state index contributed by atoms with van der Waals surface area (Å²) in [5, 5.41) is 18.9. The van der Waals surface area contributed by atoms with Gasteiger partial charge in [0.1, 0.15) is 5.82 Å². The van der Waals surface area contributed by atoms with Crippen molar-refractivity contribution in [3.05, 3.63) is 96.4 Å². The molecule has 0 saturated heterocycles. The van der Waals surface area contributed by atoms with Crippen LogP contribution in [0.25, 0.3) is 38.5 Å². The van der Waals surface area contributed by atoms with E-state index in [4.69, 9.17) is 0 Å². The minimum atomic E-state index is -0.460. The van der Waals surface area contributed by atoms with Crippen molar-refractivity contribution in [1.29, 1.82) is 0 Å². The Morgan fingerprint density at radius 2 is 1.71 bits per heavy atom. The molecule has 31 heavy (non-hydrogen) atoms. The summed E-state index contributed by atoms with van der Waals surface area (Å²) < 4.78 is 15.1. The van der Waals surface area contributed by atoms with Gasteiger partial charge < -0.3 is 5.11 Å². The molecule has 1 fully saturated rings. The third-order valence-corrected chi connectivity index (χ3v) is 6.29. The SMILES string of the molecule is OC(c1c(-c2ccc3c(cnn3-c3ccc(F)cc3)c2)ccc2ccccc12)C1CC1. The molecule has 1 saturated carbocycles. The fraction of sp³-hybridized carbons (Fsp3) is 0.148. The monoisotopic (exact) mass is 408 g/mol. The van der Waals surface area contributed by atoms with E-state index in [1.54, 1.807) is 12.1 Å². The van der Waals surface area contributed by atoms with Crippen molar-refractivity contribution in [1.82, 2.24) is 9.78 Å². The molecule has 0 amide bonds. The Hall–Kier alpha value is -3.50. The number of aromatic nitrogens is 2. The van der Waals surface area contributed by atoms with Gasteiger partial charge in [-0.3, -0.25) is 0 Å². The maximum Gasteiger partial charge on any atom is 0.123 e. The number of aliphatic hydroxyl groups is 1.